The molecule has 0 saturated carbocycles. The molecule has 2 unspecified atom stereocenters. The predicted molar refractivity (Wildman–Crippen MR) is 428 cm³/mol. The van der Waals surface area contributed by atoms with Crippen molar-refractivity contribution in [2.75, 3.05) is 39.6 Å². The van der Waals surface area contributed by atoms with E-state index in [-0.39, 0.29) is 25.7 Å². The van der Waals surface area contributed by atoms with E-state index < -0.39 is 97.5 Å². The van der Waals surface area contributed by atoms with Crippen LogP contribution in [0.1, 0.15) is 464 Å². The van der Waals surface area contributed by atoms with Crippen LogP contribution in [0, 0.1) is 0 Å². The monoisotopic (exact) mass is 1520 g/mol. The second-order valence-corrected chi connectivity index (χ2v) is 33.5. The summed E-state index contributed by atoms with van der Waals surface area (Å²) in [5.74, 6) is -2.11. The van der Waals surface area contributed by atoms with Crippen molar-refractivity contribution in [2.45, 2.75) is 483 Å². The van der Waals surface area contributed by atoms with E-state index in [0.29, 0.717) is 25.7 Å². The summed E-state index contributed by atoms with van der Waals surface area (Å²) in [4.78, 5) is 72.9. The Labute approximate surface area is 638 Å². The highest BCUT2D eigenvalue weighted by Crippen LogP contribution is 2.45. The van der Waals surface area contributed by atoms with Crippen LogP contribution in [-0.2, 0) is 65.4 Å². The first-order valence-corrected chi connectivity index (χ1v) is 47.3. The molecule has 0 aromatic carbocycles. The minimum absolute atomic E-state index is 0.108. The molecule has 0 aromatic rings. The van der Waals surface area contributed by atoms with Gasteiger partial charge in [0.2, 0.25) is 0 Å². The first-order chi connectivity index (χ1) is 50.7. The van der Waals surface area contributed by atoms with Crippen molar-refractivity contribution in [3.63, 3.8) is 0 Å². The number of unbranched alkanes of at least 4 members (excludes halogenated alkanes) is 60. The van der Waals surface area contributed by atoms with Gasteiger partial charge in [0.25, 0.3) is 0 Å². The lowest BCUT2D eigenvalue weighted by molar-refractivity contribution is -0.161. The fraction of sp³-hybridized carbons (Fsp3) is 0.953. The summed E-state index contributed by atoms with van der Waals surface area (Å²) in [5, 5.41) is 10.6. The zero-order valence-electron chi connectivity index (χ0n) is 68.0. The summed E-state index contributed by atoms with van der Waals surface area (Å²) < 4.78 is 68.6. The van der Waals surface area contributed by atoms with E-state index in [4.69, 9.17) is 37.0 Å². The van der Waals surface area contributed by atoms with Gasteiger partial charge in [-0.2, -0.15) is 0 Å². The van der Waals surface area contributed by atoms with Crippen molar-refractivity contribution < 1.29 is 80.2 Å². The van der Waals surface area contributed by atoms with Gasteiger partial charge in [-0.3, -0.25) is 37.3 Å². The third kappa shape index (κ3) is 78.2. The van der Waals surface area contributed by atoms with E-state index in [1.165, 1.54) is 289 Å². The lowest BCUT2D eigenvalue weighted by atomic mass is 10.0. The van der Waals surface area contributed by atoms with E-state index in [1.54, 1.807) is 0 Å². The SMILES string of the molecule is CCCCCCCCCCCCCCCCCCCCCCCC(=O)OC[C@H](COP(=O)(O)OC[C@@H](O)COP(=O)(O)OC[C@@H](COC(=O)CCCCCCC)OC(=O)CCCCCCCCCCCCCCCCCCC)OC(=O)CCCCCCCCCCCCCCCCCCCCCCC. The van der Waals surface area contributed by atoms with E-state index >= 15 is 0 Å². The van der Waals surface area contributed by atoms with Crippen LogP contribution in [0.3, 0.4) is 0 Å². The number of carbonyl (C=O) groups is 4. The van der Waals surface area contributed by atoms with E-state index in [1.807, 2.05) is 0 Å². The normalized spacial score (nSPS) is 13.7. The maximum atomic E-state index is 13.1. The number of rotatable bonds is 86. The molecule has 19 heteroatoms. The van der Waals surface area contributed by atoms with Gasteiger partial charge in [0.15, 0.2) is 12.2 Å². The molecule has 0 fully saturated rings. The van der Waals surface area contributed by atoms with Gasteiger partial charge in [0.1, 0.15) is 19.3 Å². The van der Waals surface area contributed by atoms with Crippen LogP contribution in [0.4, 0.5) is 0 Å². The van der Waals surface area contributed by atoms with Gasteiger partial charge in [-0.05, 0) is 25.7 Å². The molecule has 5 atom stereocenters. The second-order valence-electron chi connectivity index (χ2n) is 30.6. The van der Waals surface area contributed by atoms with Crippen LogP contribution in [0.15, 0.2) is 0 Å². The van der Waals surface area contributed by atoms with Gasteiger partial charge >= 0.3 is 39.5 Å². The van der Waals surface area contributed by atoms with Crippen LogP contribution in [0.2, 0.25) is 0 Å². The van der Waals surface area contributed by atoms with Gasteiger partial charge in [-0.25, -0.2) is 9.13 Å². The Morgan fingerprint density at radius 3 is 0.567 bits per heavy atom. The highest BCUT2D eigenvalue weighted by Gasteiger charge is 2.30. The quantitative estimate of drug-likeness (QED) is 0.0222. The van der Waals surface area contributed by atoms with Gasteiger partial charge in [0.05, 0.1) is 26.4 Å². The number of aliphatic hydroxyl groups excluding tert-OH is 1. The van der Waals surface area contributed by atoms with Crippen molar-refractivity contribution in [1.29, 1.82) is 0 Å². The fourth-order valence-electron chi connectivity index (χ4n) is 13.3. The van der Waals surface area contributed by atoms with E-state index in [2.05, 4.69) is 27.7 Å². The Morgan fingerprint density at radius 1 is 0.231 bits per heavy atom. The van der Waals surface area contributed by atoms with Crippen molar-refractivity contribution in [3.8, 4) is 0 Å². The first-order valence-electron chi connectivity index (χ1n) is 44.3. The van der Waals surface area contributed by atoms with Crippen molar-refractivity contribution in [3.05, 3.63) is 0 Å². The molecule has 104 heavy (non-hydrogen) atoms. The number of hydrogen-bond donors (Lipinski definition) is 3. The summed E-state index contributed by atoms with van der Waals surface area (Å²) in [7, 11) is -9.91. The second kappa shape index (κ2) is 79.2. The van der Waals surface area contributed by atoms with Crippen molar-refractivity contribution >= 4 is 39.5 Å². The lowest BCUT2D eigenvalue weighted by Crippen LogP contribution is -2.30. The molecule has 0 saturated heterocycles. The molecular weight excluding hydrogens is 1350 g/mol. The summed E-state index contributed by atoms with van der Waals surface area (Å²) in [6, 6.07) is 0. The standard InChI is InChI=1S/C85H166O17P2/c1-5-9-13-17-20-23-26-29-32-35-37-39-41-44-46-49-52-55-58-62-66-70-83(88)96-76-81(102-85(90)72-68-64-60-57-54-51-48-45-42-40-38-36-33-30-27-24-21-18-14-10-6-2)78-100-104(93,94)98-74-79(86)73-97-103(91,92)99-77-80(75-95-82(87)69-65-61-16-12-8-4)101-84(89)71-67-63-59-56-53-50-47-43-34-31-28-25-22-19-15-11-7-3/h79-81,86H,5-78H2,1-4H3,(H,91,92)(H,93,94)/t79-,80+,81+/m0/s1. The van der Waals surface area contributed by atoms with Crippen LogP contribution in [-0.4, -0.2) is 96.7 Å². The number of phosphoric acid groups is 2. The number of carbonyl (C=O) groups excluding carboxylic acids is 4. The Morgan fingerprint density at radius 2 is 0.385 bits per heavy atom. The predicted octanol–water partition coefficient (Wildman–Crippen LogP) is 26.1. The maximum Gasteiger partial charge on any atom is 0.472 e. The van der Waals surface area contributed by atoms with Crippen LogP contribution in [0.25, 0.3) is 0 Å². The molecule has 0 aliphatic carbocycles. The van der Waals surface area contributed by atoms with Gasteiger partial charge < -0.3 is 33.8 Å². The average Bonchev–Trinajstić information content (AvgIpc) is 0.930. The zero-order chi connectivity index (χ0) is 76.0. The van der Waals surface area contributed by atoms with E-state index in [9.17, 15) is 43.2 Å². The summed E-state index contributed by atoms with van der Waals surface area (Å²) in [6.07, 6.45) is 74.3. The molecular formula is C85H166O17P2. The average molecular weight is 1520 g/mol. The van der Waals surface area contributed by atoms with Crippen molar-refractivity contribution in [1.82, 2.24) is 0 Å². The fourth-order valence-corrected chi connectivity index (χ4v) is 14.9. The summed E-state index contributed by atoms with van der Waals surface area (Å²) >= 11 is 0. The molecule has 0 spiro atoms. The third-order valence-electron chi connectivity index (χ3n) is 20.1. The lowest BCUT2D eigenvalue weighted by Gasteiger charge is -2.21. The Kier molecular flexibility index (Phi) is 77.7. The number of hydrogen-bond acceptors (Lipinski definition) is 15. The number of aliphatic hydroxyl groups is 1. The Hall–Kier alpha value is -1.94. The molecule has 0 heterocycles. The van der Waals surface area contributed by atoms with Crippen LogP contribution >= 0.6 is 15.6 Å². The first kappa shape index (κ1) is 102. The number of ether oxygens (including phenoxy) is 4. The van der Waals surface area contributed by atoms with Gasteiger partial charge in [-0.15, -0.1) is 0 Å². The van der Waals surface area contributed by atoms with Gasteiger partial charge in [0, 0.05) is 25.7 Å². The Balaban J connectivity index is 5.09. The molecule has 618 valence electrons. The number of esters is 4. The molecule has 3 N–H and O–H groups in total. The molecule has 0 aromatic heterocycles. The molecule has 0 amide bonds. The summed E-state index contributed by atoms with van der Waals surface area (Å²) in [6.45, 7) is 4.96. The highest BCUT2D eigenvalue weighted by molar-refractivity contribution is 7.47. The van der Waals surface area contributed by atoms with E-state index in [0.717, 1.165) is 96.3 Å². The summed E-state index contributed by atoms with van der Waals surface area (Å²) in [5.41, 5.74) is 0. The molecule has 17 nitrogen and oxygen atoms in total. The largest absolute Gasteiger partial charge is 0.472 e. The zero-order valence-corrected chi connectivity index (χ0v) is 69.8. The van der Waals surface area contributed by atoms with Crippen molar-refractivity contribution in [2.24, 2.45) is 0 Å². The van der Waals surface area contributed by atoms with Crippen LogP contribution < -0.4 is 0 Å². The smallest absolute Gasteiger partial charge is 0.462 e. The molecule has 0 rings (SSSR count). The van der Waals surface area contributed by atoms with Gasteiger partial charge in [-0.1, -0.05) is 413 Å². The minimum atomic E-state index is -4.96. The third-order valence-corrected chi connectivity index (χ3v) is 22.0. The molecule has 0 aliphatic heterocycles. The Bertz CT molecular complexity index is 1960. The topological polar surface area (TPSA) is 237 Å². The molecule has 0 bridgehead atoms. The molecule has 0 radical (unpaired) electrons. The van der Waals surface area contributed by atoms with Crippen LogP contribution in [0.5, 0.6) is 0 Å². The number of phosphoric ester groups is 2. The maximum absolute atomic E-state index is 13.1. The highest BCUT2D eigenvalue weighted by atomic mass is 31.2. The minimum Gasteiger partial charge on any atom is -0.462 e. The molecule has 0 aliphatic rings.